The quantitative estimate of drug-likeness (QED) is 0.541. The van der Waals surface area contributed by atoms with E-state index in [1.807, 2.05) is 6.08 Å². The molecule has 5 nitrogen and oxygen atoms in total. The molecular weight excluding hydrogens is 404 g/mol. The maximum atomic E-state index is 12.2. The van der Waals surface area contributed by atoms with Crippen molar-refractivity contribution in [2.75, 3.05) is 7.11 Å². The van der Waals surface area contributed by atoms with Crippen molar-refractivity contribution in [1.29, 1.82) is 0 Å². The summed E-state index contributed by atoms with van der Waals surface area (Å²) in [6.45, 7) is 8.52. The number of carbonyl (C=O) groups excluding carboxylic acids is 3. The lowest BCUT2D eigenvalue weighted by molar-refractivity contribution is -0.181. The van der Waals surface area contributed by atoms with E-state index < -0.39 is 0 Å². The molecule has 4 aliphatic rings. The second-order valence-electron chi connectivity index (χ2n) is 11.4. The average Bonchev–Trinajstić information content (AvgIpc) is 3.11. The minimum absolute atomic E-state index is 0.0468. The van der Waals surface area contributed by atoms with Crippen molar-refractivity contribution >= 4 is 17.7 Å². The first-order valence-corrected chi connectivity index (χ1v) is 12.6. The van der Waals surface area contributed by atoms with Crippen LogP contribution in [0.3, 0.4) is 0 Å². The first kappa shape index (κ1) is 23.5. The molecular formula is C27H40O5. The Kier molecular flexibility index (Phi) is 6.32. The zero-order chi connectivity index (χ0) is 23.3. The largest absolute Gasteiger partial charge is 0.469 e. The molecule has 0 aromatic heterocycles. The fourth-order valence-electron chi connectivity index (χ4n) is 8.48. The van der Waals surface area contributed by atoms with Crippen LogP contribution in [-0.4, -0.2) is 30.9 Å². The maximum absolute atomic E-state index is 12.2. The SMILES string of the molecule is COC(=O)CC[C@H](C)[C@H]1CC[C@H]2[C@@H]3CCC4=CC(=O)CC[C@]4(C)[C@H]3C[C@H](OC(C)=O)[C@]12C. The smallest absolute Gasteiger partial charge is 0.305 e. The van der Waals surface area contributed by atoms with E-state index in [-0.39, 0.29) is 34.7 Å². The highest BCUT2D eigenvalue weighted by Gasteiger charge is 2.64. The molecule has 0 radical (unpaired) electrons. The number of ketones is 1. The molecule has 0 saturated heterocycles. The number of hydrogen-bond acceptors (Lipinski definition) is 5. The van der Waals surface area contributed by atoms with Crippen LogP contribution in [0.5, 0.6) is 0 Å². The van der Waals surface area contributed by atoms with Gasteiger partial charge in [-0.25, -0.2) is 0 Å². The van der Waals surface area contributed by atoms with Gasteiger partial charge in [-0.1, -0.05) is 26.3 Å². The van der Waals surface area contributed by atoms with Gasteiger partial charge < -0.3 is 9.47 Å². The highest BCUT2D eigenvalue weighted by Crippen LogP contribution is 2.68. The monoisotopic (exact) mass is 444 g/mol. The minimum atomic E-state index is -0.197. The zero-order valence-electron chi connectivity index (χ0n) is 20.4. The topological polar surface area (TPSA) is 69.7 Å². The summed E-state index contributed by atoms with van der Waals surface area (Å²) in [5, 5.41) is 0. The molecule has 3 fully saturated rings. The standard InChI is InChI=1S/C27H40O5/c1-16(6-11-25(30)31-5)21-9-10-22-20-8-7-18-14-19(29)12-13-26(18,3)23(20)15-24(27(21,22)4)32-17(2)28/h14,16,20-24H,6-13,15H2,1-5H3/t16-,20-,21+,22-,23-,24-,26-,27+/m0/s1. The molecule has 3 saturated carbocycles. The molecule has 0 amide bonds. The van der Waals surface area contributed by atoms with Crippen molar-refractivity contribution in [3.05, 3.63) is 11.6 Å². The summed E-state index contributed by atoms with van der Waals surface area (Å²) in [5.41, 5.74) is 1.32. The second kappa shape index (κ2) is 8.61. The lowest BCUT2D eigenvalue weighted by Gasteiger charge is -2.60. The molecule has 0 spiro atoms. The number of fused-ring (bicyclic) bond motifs is 5. The highest BCUT2D eigenvalue weighted by molar-refractivity contribution is 5.91. The van der Waals surface area contributed by atoms with Crippen molar-refractivity contribution in [2.45, 2.75) is 91.6 Å². The zero-order valence-corrected chi connectivity index (χ0v) is 20.4. The van der Waals surface area contributed by atoms with E-state index >= 15 is 0 Å². The second-order valence-corrected chi connectivity index (χ2v) is 11.4. The molecule has 0 aromatic rings. The summed E-state index contributed by atoms with van der Waals surface area (Å²) in [6.07, 6.45) is 9.98. The van der Waals surface area contributed by atoms with E-state index in [2.05, 4.69) is 20.8 Å². The van der Waals surface area contributed by atoms with Crippen LogP contribution in [0.15, 0.2) is 11.6 Å². The summed E-state index contributed by atoms with van der Waals surface area (Å²) in [4.78, 5) is 36.1. The van der Waals surface area contributed by atoms with E-state index in [0.717, 1.165) is 44.9 Å². The van der Waals surface area contributed by atoms with Gasteiger partial charge in [-0.2, -0.15) is 0 Å². The molecule has 32 heavy (non-hydrogen) atoms. The fourth-order valence-corrected chi connectivity index (χ4v) is 8.48. The Morgan fingerprint density at radius 3 is 2.59 bits per heavy atom. The Hall–Kier alpha value is -1.65. The lowest BCUT2D eigenvalue weighted by Crippen LogP contribution is -2.57. The molecule has 4 rings (SSSR count). The number of allylic oxidation sites excluding steroid dienone is 1. The minimum Gasteiger partial charge on any atom is -0.469 e. The molecule has 0 bridgehead atoms. The molecule has 4 aliphatic carbocycles. The third kappa shape index (κ3) is 3.74. The van der Waals surface area contributed by atoms with E-state index in [0.29, 0.717) is 42.4 Å². The Balaban J connectivity index is 1.65. The molecule has 0 aliphatic heterocycles. The van der Waals surface area contributed by atoms with Gasteiger partial charge in [-0.15, -0.1) is 0 Å². The van der Waals surface area contributed by atoms with E-state index in [4.69, 9.17) is 9.47 Å². The van der Waals surface area contributed by atoms with Gasteiger partial charge in [0, 0.05) is 25.2 Å². The van der Waals surface area contributed by atoms with Gasteiger partial charge in [0.25, 0.3) is 0 Å². The summed E-state index contributed by atoms with van der Waals surface area (Å²) in [6, 6.07) is 0. The number of ether oxygens (including phenoxy) is 2. The number of methoxy groups -OCH3 is 1. The number of esters is 2. The van der Waals surface area contributed by atoms with Gasteiger partial charge in [0.2, 0.25) is 0 Å². The van der Waals surface area contributed by atoms with Gasteiger partial charge in [0.15, 0.2) is 5.78 Å². The molecule has 5 heteroatoms. The van der Waals surface area contributed by atoms with Crippen molar-refractivity contribution in [3.63, 3.8) is 0 Å². The van der Waals surface area contributed by atoms with Gasteiger partial charge in [-0.05, 0) is 86.0 Å². The van der Waals surface area contributed by atoms with Gasteiger partial charge in [-0.3, -0.25) is 14.4 Å². The third-order valence-electron chi connectivity index (χ3n) is 10.1. The molecule has 0 N–H and O–H groups in total. The van der Waals surface area contributed by atoms with Crippen molar-refractivity contribution < 1.29 is 23.9 Å². The lowest BCUT2D eigenvalue weighted by atomic mass is 9.45. The summed E-state index contributed by atoms with van der Waals surface area (Å²) < 4.78 is 11.0. The van der Waals surface area contributed by atoms with Gasteiger partial charge in [0.05, 0.1) is 7.11 Å². The molecule has 8 atom stereocenters. The van der Waals surface area contributed by atoms with E-state index in [9.17, 15) is 14.4 Å². The molecule has 178 valence electrons. The number of carbonyl (C=O) groups is 3. The van der Waals surface area contributed by atoms with Gasteiger partial charge in [0.1, 0.15) is 6.10 Å². The highest BCUT2D eigenvalue weighted by atomic mass is 16.5. The third-order valence-corrected chi connectivity index (χ3v) is 10.1. The van der Waals surface area contributed by atoms with Crippen LogP contribution >= 0.6 is 0 Å². The predicted molar refractivity (Wildman–Crippen MR) is 122 cm³/mol. The first-order valence-electron chi connectivity index (χ1n) is 12.6. The Labute approximate surface area is 192 Å². The first-order chi connectivity index (χ1) is 15.1. The van der Waals surface area contributed by atoms with Crippen molar-refractivity contribution in [2.24, 2.45) is 40.4 Å². The van der Waals surface area contributed by atoms with Crippen LogP contribution in [0.1, 0.15) is 85.5 Å². The van der Waals surface area contributed by atoms with Crippen LogP contribution in [0.4, 0.5) is 0 Å². The van der Waals surface area contributed by atoms with Crippen LogP contribution in [0.25, 0.3) is 0 Å². The number of rotatable bonds is 5. The Morgan fingerprint density at radius 2 is 1.91 bits per heavy atom. The summed E-state index contributed by atoms with van der Waals surface area (Å²) >= 11 is 0. The molecule has 0 unspecified atom stereocenters. The van der Waals surface area contributed by atoms with Crippen LogP contribution < -0.4 is 0 Å². The predicted octanol–water partition coefficient (Wildman–Crippen LogP) is 5.27. The van der Waals surface area contributed by atoms with Crippen molar-refractivity contribution in [1.82, 2.24) is 0 Å². The van der Waals surface area contributed by atoms with Gasteiger partial charge >= 0.3 is 11.9 Å². The molecule has 0 aromatic carbocycles. The van der Waals surface area contributed by atoms with E-state index in [1.54, 1.807) is 0 Å². The van der Waals surface area contributed by atoms with Crippen LogP contribution in [0, 0.1) is 40.4 Å². The average molecular weight is 445 g/mol. The summed E-state index contributed by atoms with van der Waals surface area (Å²) in [5.74, 6) is 2.32. The Bertz CT molecular complexity index is 815. The maximum Gasteiger partial charge on any atom is 0.305 e. The normalized spacial score (nSPS) is 41.6. The fraction of sp³-hybridized carbons (Fsp3) is 0.815. The molecule has 0 heterocycles. The summed E-state index contributed by atoms with van der Waals surface area (Å²) in [7, 11) is 1.45. The number of hydrogen-bond donors (Lipinski definition) is 0. The van der Waals surface area contributed by atoms with Crippen LogP contribution in [-0.2, 0) is 23.9 Å². The van der Waals surface area contributed by atoms with Crippen molar-refractivity contribution in [3.8, 4) is 0 Å². The van der Waals surface area contributed by atoms with Crippen LogP contribution in [0.2, 0.25) is 0 Å². The van der Waals surface area contributed by atoms with E-state index in [1.165, 1.54) is 19.6 Å². The Morgan fingerprint density at radius 1 is 1.16 bits per heavy atom.